The summed E-state index contributed by atoms with van der Waals surface area (Å²) in [6.07, 6.45) is 0.747. The lowest BCUT2D eigenvalue weighted by atomic mass is 9.92. The third-order valence-corrected chi connectivity index (χ3v) is 2.24. The molecule has 2 nitrogen and oxygen atoms in total. The van der Waals surface area contributed by atoms with Crippen LogP contribution >= 0.6 is 0 Å². The molecule has 0 aromatic heterocycles. The average Bonchev–Trinajstić information content (AvgIpc) is 2.17. The molecule has 1 rings (SSSR count). The van der Waals surface area contributed by atoms with Crippen molar-refractivity contribution in [1.29, 1.82) is 0 Å². The summed E-state index contributed by atoms with van der Waals surface area (Å²) in [6, 6.07) is 0. The van der Waals surface area contributed by atoms with Crippen molar-refractivity contribution in [1.82, 2.24) is 0 Å². The van der Waals surface area contributed by atoms with E-state index in [2.05, 4.69) is 13.2 Å². The van der Waals surface area contributed by atoms with E-state index in [0.717, 1.165) is 6.42 Å². The summed E-state index contributed by atoms with van der Waals surface area (Å²) >= 11 is 0. The molecule has 1 atom stereocenters. The summed E-state index contributed by atoms with van der Waals surface area (Å²) in [5.74, 6) is -0.334. The molecule has 11 heavy (non-hydrogen) atoms. The summed E-state index contributed by atoms with van der Waals surface area (Å²) in [7, 11) is 0. The van der Waals surface area contributed by atoms with Gasteiger partial charge in [-0.25, -0.2) is 4.79 Å². The summed E-state index contributed by atoms with van der Waals surface area (Å²) < 4.78 is 5.08. The second-order valence-corrected chi connectivity index (χ2v) is 2.93. The van der Waals surface area contributed by atoms with Gasteiger partial charge in [0.15, 0.2) is 0 Å². The van der Waals surface area contributed by atoms with Crippen molar-refractivity contribution in [2.45, 2.75) is 25.9 Å². The number of carbonyl (C=O) groups is 1. The molecule has 0 spiro atoms. The van der Waals surface area contributed by atoms with E-state index in [-0.39, 0.29) is 5.97 Å². The van der Waals surface area contributed by atoms with Crippen molar-refractivity contribution in [3.63, 3.8) is 0 Å². The van der Waals surface area contributed by atoms with E-state index < -0.39 is 5.60 Å². The Balaban J connectivity index is 3.00. The van der Waals surface area contributed by atoms with Crippen molar-refractivity contribution < 1.29 is 9.53 Å². The Morgan fingerprint density at radius 2 is 2.09 bits per heavy atom. The second kappa shape index (κ2) is 2.22. The maximum Gasteiger partial charge on any atom is 0.338 e. The lowest BCUT2D eigenvalue weighted by Gasteiger charge is -2.20. The summed E-state index contributed by atoms with van der Waals surface area (Å²) in [5.41, 5.74) is 0.619. The standard InChI is InChI=1S/C9H12O2/c1-5-9(4)7(3)6(2)8(10)11-9/h2-3,5H2,1,4H3. The van der Waals surface area contributed by atoms with Crippen molar-refractivity contribution in [3.8, 4) is 0 Å². The van der Waals surface area contributed by atoms with E-state index in [4.69, 9.17) is 4.74 Å². The number of rotatable bonds is 1. The number of esters is 1. The van der Waals surface area contributed by atoms with Crippen molar-refractivity contribution in [3.05, 3.63) is 24.3 Å². The second-order valence-electron chi connectivity index (χ2n) is 2.93. The molecule has 1 aliphatic heterocycles. The first-order chi connectivity index (χ1) is 5.01. The largest absolute Gasteiger partial charge is 0.451 e. The highest BCUT2D eigenvalue weighted by atomic mass is 16.6. The highest BCUT2D eigenvalue weighted by molar-refractivity contribution is 5.96. The normalized spacial score (nSPS) is 30.9. The molecule has 0 bridgehead atoms. The van der Waals surface area contributed by atoms with E-state index >= 15 is 0 Å². The van der Waals surface area contributed by atoms with E-state index in [1.807, 2.05) is 13.8 Å². The third kappa shape index (κ3) is 0.985. The van der Waals surface area contributed by atoms with Crippen LogP contribution in [0.3, 0.4) is 0 Å². The molecule has 2 heteroatoms. The molecule has 1 unspecified atom stereocenters. The monoisotopic (exact) mass is 152 g/mol. The molecule has 0 saturated carbocycles. The number of carbonyl (C=O) groups excluding carboxylic acids is 1. The molecular formula is C9H12O2. The molecule has 0 amide bonds. The fourth-order valence-corrected chi connectivity index (χ4v) is 1.06. The predicted octanol–water partition coefficient (Wildman–Crippen LogP) is 1.82. The van der Waals surface area contributed by atoms with Crippen LogP contribution in [0.4, 0.5) is 0 Å². The van der Waals surface area contributed by atoms with Crippen molar-refractivity contribution in [2.75, 3.05) is 0 Å². The number of cyclic esters (lactones) is 1. The molecule has 1 saturated heterocycles. The lowest BCUT2D eigenvalue weighted by molar-refractivity contribution is -0.144. The molecular weight excluding hydrogens is 140 g/mol. The molecule has 0 aromatic rings. The van der Waals surface area contributed by atoms with E-state index in [1.54, 1.807) is 0 Å². The van der Waals surface area contributed by atoms with Gasteiger partial charge in [0.25, 0.3) is 0 Å². The summed E-state index contributed by atoms with van der Waals surface area (Å²) in [5, 5.41) is 0. The smallest absolute Gasteiger partial charge is 0.338 e. The van der Waals surface area contributed by atoms with Crippen LogP contribution in [0.25, 0.3) is 0 Å². The van der Waals surface area contributed by atoms with Gasteiger partial charge in [-0.1, -0.05) is 20.1 Å². The zero-order valence-corrected chi connectivity index (χ0v) is 6.94. The number of hydrogen-bond acceptors (Lipinski definition) is 2. The van der Waals surface area contributed by atoms with Gasteiger partial charge in [0.05, 0.1) is 5.57 Å². The minimum atomic E-state index is -0.506. The van der Waals surface area contributed by atoms with Gasteiger partial charge >= 0.3 is 5.97 Å². The van der Waals surface area contributed by atoms with Gasteiger partial charge in [-0.2, -0.15) is 0 Å². The first kappa shape index (κ1) is 8.05. The van der Waals surface area contributed by atoms with E-state index in [0.29, 0.717) is 11.1 Å². The number of ether oxygens (including phenoxy) is 1. The highest BCUT2D eigenvalue weighted by Gasteiger charge is 2.40. The fourth-order valence-electron chi connectivity index (χ4n) is 1.06. The van der Waals surface area contributed by atoms with Crippen LogP contribution in [0.2, 0.25) is 0 Å². The van der Waals surface area contributed by atoms with Crippen LogP contribution < -0.4 is 0 Å². The maximum absolute atomic E-state index is 11.0. The zero-order chi connectivity index (χ0) is 8.65. The lowest BCUT2D eigenvalue weighted by Crippen LogP contribution is -2.23. The van der Waals surface area contributed by atoms with E-state index in [1.165, 1.54) is 0 Å². The van der Waals surface area contributed by atoms with Gasteiger partial charge in [0.2, 0.25) is 0 Å². The van der Waals surface area contributed by atoms with Gasteiger partial charge in [0, 0.05) is 5.57 Å². The minimum absolute atomic E-state index is 0.334. The summed E-state index contributed by atoms with van der Waals surface area (Å²) in [4.78, 5) is 11.0. The fraction of sp³-hybridized carbons (Fsp3) is 0.444. The zero-order valence-electron chi connectivity index (χ0n) is 6.94. The average molecular weight is 152 g/mol. The van der Waals surface area contributed by atoms with Crippen molar-refractivity contribution in [2.24, 2.45) is 0 Å². The van der Waals surface area contributed by atoms with Crippen LogP contribution in [0, 0.1) is 0 Å². The Kier molecular flexibility index (Phi) is 1.63. The Labute approximate surface area is 66.5 Å². The Morgan fingerprint density at radius 1 is 1.55 bits per heavy atom. The maximum atomic E-state index is 11.0. The SMILES string of the molecule is C=C1C(=C)C(C)(CC)OC1=O. The molecule has 0 N–H and O–H groups in total. The van der Waals surface area contributed by atoms with Gasteiger partial charge < -0.3 is 4.74 Å². The van der Waals surface area contributed by atoms with E-state index in [9.17, 15) is 4.79 Å². The summed E-state index contributed by atoms with van der Waals surface area (Å²) in [6.45, 7) is 11.2. The molecule has 60 valence electrons. The topological polar surface area (TPSA) is 26.3 Å². The Bertz CT molecular complexity index is 240. The van der Waals surface area contributed by atoms with Crippen LogP contribution in [0.5, 0.6) is 0 Å². The highest BCUT2D eigenvalue weighted by Crippen LogP contribution is 2.36. The van der Waals surface area contributed by atoms with Crippen LogP contribution in [-0.2, 0) is 9.53 Å². The van der Waals surface area contributed by atoms with Gasteiger partial charge in [-0.05, 0) is 13.3 Å². The number of hydrogen-bond donors (Lipinski definition) is 0. The van der Waals surface area contributed by atoms with Crippen molar-refractivity contribution >= 4 is 5.97 Å². The van der Waals surface area contributed by atoms with Gasteiger partial charge in [-0.15, -0.1) is 0 Å². The molecule has 0 aromatic carbocycles. The molecule has 0 radical (unpaired) electrons. The third-order valence-electron chi connectivity index (χ3n) is 2.24. The van der Waals surface area contributed by atoms with Crippen LogP contribution in [-0.4, -0.2) is 11.6 Å². The predicted molar refractivity (Wildman–Crippen MR) is 43.1 cm³/mol. The minimum Gasteiger partial charge on any atom is -0.451 e. The first-order valence-electron chi connectivity index (χ1n) is 3.63. The Hall–Kier alpha value is -1.05. The first-order valence-corrected chi connectivity index (χ1v) is 3.63. The van der Waals surface area contributed by atoms with Gasteiger partial charge in [0.1, 0.15) is 5.60 Å². The molecule has 1 fully saturated rings. The van der Waals surface area contributed by atoms with Crippen LogP contribution in [0.1, 0.15) is 20.3 Å². The molecule has 1 aliphatic rings. The van der Waals surface area contributed by atoms with Gasteiger partial charge in [-0.3, -0.25) is 0 Å². The molecule has 1 heterocycles. The quantitative estimate of drug-likeness (QED) is 0.423. The Morgan fingerprint density at radius 3 is 2.27 bits per heavy atom. The van der Waals surface area contributed by atoms with Crippen LogP contribution in [0.15, 0.2) is 24.3 Å². The molecule has 0 aliphatic carbocycles.